The highest BCUT2D eigenvalue weighted by atomic mass is 19.1. The lowest BCUT2D eigenvalue weighted by molar-refractivity contribution is 0.379. The van der Waals surface area contributed by atoms with Crippen molar-refractivity contribution in [3.63, 3.8) is 0 Å². The number of carbonyl (C=O) groups excluding carboxylic acids is 1. The first kappa shape index (κ1) is 12.3. The molecule has 16 heavy (non-hydrogen) atoms. The van der Waals surface area contributed by atoms with Crippen molar-refractivity contribution < 1.29 is 18.3 Å². The van der Waals surface area contributed by atoms with Gasteiger partial charge in [0.25, 0.3) is 0 Å². The van der Waals surface area contributed by atoms with Crippen molar-refractivity contribution in [3.05, 3.63) is 29.3 Å². The first-order valence-corrected chi connectivity index (χ1v) is 4.55. The van der Waals surface area contributed by atoms with Crippen molar-refractivity contribution in [2.24, 2.45) is 4.99 Å². The van der Waals surface area contributed by atoms with Gasteiger partial charge in [-0.1, -0.05) is 0 Å². The molecule has 1 aromatic carbocycles. The number of aliphatic imine (C=N–C) groups is 1. The van der Waals surface area contributed by atoms with Crippen LogP contribution in [0.5, 0.6) is 5.75 Å². The minimum absolute atomic E-state index is 0.0153. The first-order chi connectivity index (χ1) is 7.42. The van der Waals surface area contributed by atoms with Gasteiger partial charge in [-0.2, -0.15) is 4.99 Å². The maximum Gasteiger partial charge on any atom is 0.235 e. The summed E-state index contributed by atoms with van der Waals surface area (Å²) in [4.78, 5) is 13.7. The average Bonchev–Trinajstić information content (AvgIpc) is 2.15. The topological polar surface area (TPSA) is 38.7 Å². The third kappa shape index (κ3) is 2.25. The molecule has 0 N–H and O–H groups in total. The van der Waals surface area contributed by atoms with Crippen LogP contribution in [0.25, 0.3) is 0 Å². The van der Waals surface area contributed by atoms with Gasteiger partial charge in [0, 0.05) is 12.1 Å². The highest BCUT2D eigenvalue weighted by Gasteiger charge is 2.28. The molecule has 0 amide bonds. The summed E-state index contributed by atoms with van der Waals surface area (Å²) in [7, 11) is 1.29. The Balaban J connectivity index is 3.48. The Morgan fingerprint density at radius 1 is 1.38 bits per heavy atom. The Hall–Kier alpha value is -1.74. The largest absolute Gasteiger partial charge is 0.496 e. The van der Waals surface area contributed by atoms with E-state index in [0.29, 0.717) is 0 Å². The van der Waals surface area contributed by atoms with Gasteiger partial charge in [-0.3, -0.25) is 0 Å². The van der Waals surface area contributed by atoms with Gasteiger partial charge in [-0.15, -0.1) is 0 Å². The minimum atomic E-state index is -1.15. The summed E-state index contributed by atoms with van der Waals surface area (Å²) in [6.07, 6.45) is 1.36. The van der Waals surface area contributed by atoms with Crippen LogP contribution in [0.3, 0.4) is 0 Å². The van der Waals surface area contributed by atoms with Gasteiger partial charge in [0.1, 0.15) is 17.4 Å². The summed E-state index contributed by atoms with van der Waals surface area (Å²) >= 11 is 0. The van der Waals surface area contributed by atoms with Gasteiger partial charge in [0.05, 0.1) is 18.2 Å². The van der Waals surface area contributed by atoms with E-state index in [1.807, 2.05) is 0 Å². The maximum atomic E-state index is 13.6. The Labute approximate surface area is 91.8 Å². The predicted molar refractivity (Wildman–Crippen MR) is 54.1 cm³/mol. The number of rotatable bonds is 3. The molecule has 86 valence electrons. The molecular formula is C11H11F2NO2. The molecule has 0 aliphatic carbocycles. The zero-order valence-electron chi connectivity index (χ0n) is 9.17. The van der Waals surface area contributed by atoms with Crippen molar-refractivity contribution in [2.45, 2.75) is 19.4 Å². The van der Waals surface area contributed by atoms with Crippen molar-refractivity contribution in [1.82, 2.24) is 0 Å². The van der Waals surface area contributed by atoms with Gasteiger partial charge in [0.15, 0.2) is 0 Å². The number of hydrogen-bond donors (Lipinski definition) is 0. The predicted octanol–water partition coefficient (Wildman–Crippen LogP) is 2.54. The Morgan fingerprint density at radius 3 is 2.50 bits per heavy atom. The summed E-state index contributed by atoms with van der Waals surface area (Å²) in [6.45, 7) is 3.02. The monoisotopic (exact) mass is 227 g/mol. The lowest BCUT2D eigenvalue weighted by atomic mass is 9.93. The molecule has 0 aliphatic heterocycles. The zero-order valence-corrected chi connectivity index (χ0v) is 9.17. The minimum Gasteiger partial charge on any atom is -0.496 e. The fourth-order valence-corrected chi connectivity index (χ4v) is 1.47. The van der Waals surface area contributed by atoms with Crippen LogP contribution in [0.4, 0.5) is 8.78 Å². The second kappa shape index (κ2) is 4.41. The van der Waals surface area contributed by atoms with Crippen LogP contribution in [-0.4, -0.2) is 13.2 Å². The van der Waals surface area contributed by atoms with Crippen LogP contribution in [0.2, 0.25) is 0 Å². The smallest absolute Gasteiger partial charge is 0.235 e. The number of hydrogen-bond acceptors (Lipinski definition) is 3. The maximum absolute atomic E-state index is 13.6. The molecule has 1 rings (SSSR count). The van der Waals surface area contributed by atoms with Crippen LogP contribution < -0.4 is 4.74 Å². The summed E-state index contributed by atoms with van der Waals surface area (Å²) < 4.78 is 31.4. The number of benzene rings is 1. The first-order valence-electron chi connectivity index (χ1n) is 4.55. The normalized spacial score (nSPS) is 10.8. The van der Waals surface area contributed by atoms with E-state index < -0.39 is 17.2 Å². The molecule has 5 heteroatoms. The summed E-state index contributed by atoms with van der Waals surface area (Å²) in [5.74, 6) is -1.54. The van der Waals surface area contributed by atoms with E-state index in [2.05, 4.69) is 4.99 Å². The molecule has 0 spiro atoms. The Morgan fingerprint density at radius 2 is 2.00 bits per heavy atom. The molecule has 0 unspecified atom stereocenters. The number of ether oxygens (including phenoxy) is 1. The van der Waals surface area contributed by atoms with Gasteiger partial charge >= 0.3 is 0 Å². The zero-order chi connectivity index (χ0) is 12.3. The molecule has 3 nitrogen and oxygen atoms in total. The van der Waals surface area contributed by atoms with Crippen molar-refractivity contribution in [1.29, 1.82) is 0 Å². The molecule has 0 radical (unpaired) electrons. The molecule has 0 aromatic heterocycles. The molecule has 0 bridgehead atoms. The third-order valence-corrected chi connectivity index (χ3v) is 2.18. The molecule has 0 saturated heterocycles. The van der Waals surface area contributed by atoms with E-state index in [4.69, 9.17) is 4.74 Å². The Kier molecular flexibility index (Phi) is 3.40. The molecule has 1 aromatic rings. The standard InChI is InChI=1S/C11H11F2NO2/c1-11(2,14-6-15)10-8(13)4-7(12)5-9(10)16-3/h4-5H,1-3H3. The van der Waals surface area contributed by atoms with E-state index in [0.717, 1.165) is 12.1 Å². The molecule has 0 saturated carbocycles. The number of nitrogens with zero attached hydrogens (tertiary/aromatic N) is 1. The average molecular weight is 227 g/mol. The summed E-state index contributed by atoms with van der Waals surface area (Å²) in [5, 5.41) is 0. The van der Waals surface area contributed by atoms with Crippen molar-refractivity contribution in [2.75, 3.05) is 7.11 Å². The van der Waals surface area contributed by atoms with E-state index in [9.17, 15) is 13.6 Å². The van der Waals surface area contributed by atoms with Gasteiger partial charge in [0.2, 0.25) is 6.08 Å². The molecule has 0 atom stereocenters. The van der Waals surface area contributed by atoms with Crippen molar-refractivity contribution >= 4 is 6.08 Å². The van der Waals surface area contributed by atoms with Gasteiger partial charge in [-0.05, 0) is 13.8 Å². The summed E-state index contributed by atoms with van der Waals surface area (Å²) in [6, 6.07) is 1.76. The van der Waals surface area contributed by atoms with Crippen LogP contribution in [0, 0.1) is 11.6 Å². The van der Waals surface area contributed by atoms with Crippen molar-refractivity contribution in [3.8, 4) is 5.75 Å². The second-order valence-corrected chi connectivity index (χ2v) is 3.73. The fraction of sp³-hybridized carbons (Fsp3) is 0.364. The molecular weight excluding hydrogens is 216 g/mol. The van der Waals surface area contributed by atoms with Crippen LogP contribution in [-0.2, 0) is 10.3 Å². The number of halogens is 2. The molecule has 0 aliphatic rings. The lowest BCUT2D eigenvalue weighted by Gasteiger charge is -2.21. The van der Waals surface area contributed by atoms with E-state index in [-0.39, 0.29) is 11.3 Å². The molecule has 0 fully saturated rings. The van der Waals surface area contributed by atoms with Crippen LogP contribution >= 0.6 is 0 Å². The van der Waals surface area contributed by atoms with Gasteiger partial charge < -0.3 is 4.74 Å². The number of methoxy groups -OCH3 is 1. The quantitative estimate of drug-likeness (QED) is 0.588. The van der Waals surface area contributed by atoms with Gasteiger partial charge in [-0.25, -0.2) is 13.6 Å². The van der Waals surface area contributed by atoms with E-state index >= 15 is 0 Å². The number of isocyanates is 1. The Bertz CT molecular complexity index is 452. The molecule has 0 heterocycles. The highest BCUT2D eigenvalue weighted by Crippen LogP contribution is 2.35. The highest BCUT2D eigenvalue weighted by molar-refractivity contribution is 5.44. The van der Waals surface area contributed by atoms with E-state index in [1.165, 1.54) is 27.0 Å². The second-order valence-electron chi connectivity index (χ2n) is 3.73. The third-order valence-electron chi connectivity index (χ3n) is 2.18. The van der Waals surface area contributed by atoms with E-state index in [1.54, 1.807) is 0 Å². The van der Waals surface area contributed by atoms with Crippen LogP contribution in [0.1, 0.15) is 19.4 Å². The summed E-state index contributed by atoms with van der Waals surface area (Å²) in [5.41, 5.74) is -1.12. The SMILES string of the molecule is COc1cc(F)cc(F)c1C(C)(C)N=C=O. The fourth-order valence-electron chi connectivity index (χ4n) is 1.47. The van der Waals surface area contributed by atoms with Crippen LogP contribution in [0.15, 0.2) is 17.1 Å². The lowest BCUT2D eigenvalue weighted by Crippen LogP contribution is -2.17.